The van der Waals surface area contributed by atoms with Crippen molar-refractivity contribution >= 4 is 22.0 Å². The van der Waals surface area contributed by atoms with E-state index in [-0.39, 0.29) is 5.48 Å². The van der Waals surface area contributed by atoms with E-state index in [1.54, 1.807) is 0 Å². The molecule has 2 aromatic rings. The molecule has 0 bridgehead atoms. The molecule has 0 aliphatic heterocycles. The fraction of sp³-hybridized carbons (Fsp3) is 0.167. The highest BCUT2D eigenvalue weighted by Gasteiger charge is 1.93. The molecule has 2 rings (SSSR count). The van der Waals surface area contributed by atoms with Gasteiger partial charge in [0.05, 0.1) is 12.4 Å². The zero-order chi connectivity index (χ0) is 16.5. The largest absolute Gasteiger partial charge is 0.759 e. The lowest BCUT2D eigenvalue weighted by atomic mass is 10.3. The van der Waals surface area contributed by atoms with Crippen LogP contribution in [0, 0.1) is 13.8 Å². The van der Waals surface area contributed by atoms with E-state index >= 15 is 0 Å². The van der Waals surface area contributed by atoms with E-state index in [2.05, 4.69) is 9.97 Å². The van der Waals surface area contributed by atoms with Gasteiger partial charge >= 0.3 is 0 Å². The van der Waals surface area contributed by atoms with Gasteiger partial charge in [-0.25, -0.2) is 9.97 Å². The van der Waals surface area contributed by atoms with Gasteiger partial charge in [0.2, 0.25) is 0 Å². The van der Waals surface area contributed by atoms with Crippen molar-refractivity contribution < 1.29 is 33.0 Å². The summed E-state index contributed by atoms with van der Waals surface area (Å²) in [6.07, 6.45) is 3.62. The third-order valence-corrected chi connectivity index (χ3v) is 2.21. The van der Waals surface area contributed by atoms with Crippen LogP contribution in [0.15, 0.2) is 36.7 Å². The molecule has 0 atom stereocenters. The van der Waals surface area contributed by atoms with Crippen LogP contribution < -0.4 is 21.4 Å². The molecular weight excluding hydrogens is 312 g/mol. The molecule has 10 heteroatoms. The van der Waals surface area contributed by atoms with Crippen molar-refractivity contribution in [3.8, 4) is 0 Å². The predicted molar refractivity (Wildman–Crippen MR) is 78.4 cm³/mol. The zero-order valence-electron chi connectivity index (χ0n) is 12.2. The number of aryl methyl sites for hydroxylation is 2. The SMILES string of the molecule is Cc1ccc[nH+]c1N.Cc1ccc[nH+]c1N.O.O=S(=O)([O-])[O-]. The van der Waals surface area contributed by atoms with Gasteiger partial charge < -0.3 is 14.6 Å². The fourth-order valence-corrected chi connectivity index (χ4v) is 1.07. The standard InChI is InChI=1S/2C6H8N2.H2O4S.H2O/c2*1-5-3-2-4-8-6(5)7;1-5(2,3)4;/h2*2-4H,1H3,(H2,7,8);(H2,1,2,3,4);1H2. The summed E-state index contributed by atoms with van der Waals surface area (Å²) < 4.78 is 34.1. The Balaban J connectivity index is 0. The van der Waals surface area contributed by atoms with Gasteiger partial charge in [-0.05, 0) is 38.1 Å². The molecule has 0 aliphatic rings. The van der Waals surface area contributed by atoms with Crippen LogP contribution in [0.3, 0.4) is 0 Å². The molecule has 0 fully saturated rings. The highest BCUT2D eigenvalue weighted by Crippen LogP contribution is 1.98. The van der Waals surface area contributed by atoms with Gasteiger partial charge in [-0.1, -0.05) is 0 Å². The molecule has 0 unspecified atom stereocenters. The topological polar surface area (TPSA) is 192 Å². The first-order valence-corrected chi connectivity index (χ1v) is 7.07. The second-order valence-electron chi connectivity index (χ2n) is 3.94. The van der Waals surface area contributed by atoms with Crippen LogP contribution in [-0.4, -0.2) is 23.0 Å². The summed E-state index contributed by atoms with van der Waals surface area (Å²) in [7, 11) is -5.17. The Labute approximate surface area is 128 Å². The van der Waals surface area contributed by atoms with E-state index in [1.165, 1.54) is 0 Å². The summed E-state index contributed by atoms with van der Waals surface area (Å²) in [5, 5.41) is 0. The average molecular weight is 332 g/mol. The van der Waals surface area contributed by atoms with Crippen molar-refractivity contribution in [3.05, 3.63) is 47.8 Å². The summed E-state index contributed by atoms with van der Waals surface area (Å²) in [5.74, 6) is 1.49. The number of nitrogens with two attached hydrogens (primary N) is 2. The molecule has 0 spiro atoms. The number of anilines is 2. The van der Waals surface area contributed by atoms with Crippen LogP contribution in [0.1, 0.15) is 11.1 Å². The number of nitrogen functional groups attached to an aromatic ring is 2. The van der Waals surface area contributed by atoms with Gasteiger partial charge in [-0.2, -0.15) is 0 Å². The van der Waals surface area contributed by atoms with Crippen molar-refractivity contribution in [2.45, 2.75) is 13.8 Å². The van der Waals surface area contributed by atoms with E-state index in [9.17, 15) is 0 Å². The second kappa shape index (κ2) is 10.5. The number of aromatic amines is 2. The summed E-state index contributed by atoms with van der Waals surface area (Å²) in [5.41, 5.74) is 13.1. The van der Waals surface area contributed by atoms with Crippen molar-refractivity contribution in [2.24, 2.45) is 0 Å². The van der Waals surface area contributed by atoms with E-state index in [1.807, 2.05) is 50.5 Å². The number of hydrogen-bond donors (Lipinski definition) is 2. The van der Waals surface area contributed by atoms with Crippen LogP contribution in [0.5, 0.6) is 0 Å². The van der Waals surface area contributed by atoms with E-state index in [4.69, 9.17) is 29.0 Å². The number of aromatic nitrogens is 2. The van der Waals surface area contributed by atoms with Gasteiger partial charge in [0, 0.05) is 21.5 Å². The lowest BCUT2D eigenvalue weighted by Crippen LogP contribution is -2.09. The number of hydrogen-bond acceptors (Lipinski definition) is 6. The third kappa shape index (κ3) is 12.7. The summed E-state index contributed by atoms with van der Waals surface area (Å²) >= 11 is 0. The van der Waals surface area contributed by atoms with Crippen LogP contribution in [0.25, 0.3) is 0 Å². The average Bonchev–Trinajstić information content (AvgIpc) is 2.35. The third-order valence-electron chi connectivity index (χ3n) is 2.21. The van der Waals surface area contributed by atoms with Crippen molar-refractivity contribution in [3.63, 3.8) is 0 Å². The number of H-pyrrole nitrogens is 2. The number of rotatable bonds is 0. The van der Waals surface area contributed by atoms with Crippen molar-refractivity contribution in [1.29, 1.82) is 0 Å². The van der Waals surface area contributed by atoms with Crippen molar-refractivity contribution in [2.75, 3.05) is 11.5 Å². The molecule has 0 saturated heterocycles. The molecule has 0 aliphatic carbocycles. The van der Waals surface area contributed by atoms with E-state index < -0.39 is 10.4 Å². The molecule has 0 amide bonds. The molecule has 124 valence electrons. The molecule has 2 aromatic heterocycles. The van der Waals surface area contributed by atoms with Crippen LogP contribution in [0.2, 0.25) is 0 Å². The normalized spacial score (nSPS) is 9.27. The Kier molecular flexibility index (Phi) is 10.5. The maximum absolute atomic E-state index is 8.52. The smallest absolute Gasteiger partial charge is 0.272 e. The fourth-order valence-electron chi connectivity index (χ4n) is 1.07. The Morgan fingerprint density at radius 3 is 1.32 bits per heavy atom. The Bertz CT molecular complexity index is 571. The first-order valence-electron chi connectivity index (χ1n) is 5.73. The van der Waals surface area contributed by atoms with Crippen LogP contribution in [0.4, 0.5) is 11.6 Å². The van der Waals surface area contributed by atoms with Crippen LogP contribution in [-0.2, 0) is 10.4 Å². The van der Waals surface area contributed by atoms with Crippen molar-refractivity contribution in [1.82, 2.24) is 0 Å². The Morgan fingerprint density at radius 1 is 0.909 bits per heavy atom. The molecule has 0 aromatic carbocycles. The maximum atomic E-state index is 8.52. The highest BCUT2D eigenvalue weighted by atomic mass is 32.3. The second-order valence-corrected chi connectivity index (χ2v) is 4.76. The molecule has 0 saturated carbocycles. The molecular formula is C12H20N4O5S. The Morgan fingerprint density at radius 2 is 1.18 bits per heavy atom. The minimum Gasteiger partial charge on any atom is -0.759 e. The number of nitrogens with one attached hydrogen (secondary N) is 2. The monoisotopic (exact) mass is 332 g/mol. The zero-order valence-corrected chi connectivity index (χ0v) is 13.0. The predicted octanol–water partition coefficient (Wildman–Crippen LogP) is -1.38. The van der Waals surface area contributed by atoms with Gasteiger partial charge in [-0.15, -0.1) is 0 Å². The molecule has 22 heavy (non-hydrogen) atoms. The first-order chi connectivity index (χ1) is 9.61. The number of pyridine rings is 2. The van der Waals surface area contributed by atoms with Crippen LogP contribution >= 0.6 is 0 Å². The Hall–Kier alpha value is -2.27. The first kappa shape index (κ1) is 22.0. The lowest BCUT2D eigenvalue weighted by Gasteiger charge is -2.06. The minimum atomic E-state index is -5.17. The minimum absolute atomic E-state index is 0. The maximum Gasteiger partial charge on any atom is 0.272 e. The molecule has 0 radical (unpaired) electrons. The summed E-state index contributed by atoms with van der Waals surface area (Å²) in [6.45, 7) is 3.93. The lowest BCUT2D eigenvalue weighted by molar-refractivity contribution is -0.361. The summed E-state index contributed by atoms with van der Waals surface area (Å²) in [6, 6.07) is 7.77. The quantitative estimate of drug-likeness (QED) is 0.440. The molecule has 9 nitrogen and oxygen atoms in total. The molecule has 8 N–H and O–H groups in total. The summed E-state index contributed by atoms with van der Waals surface area (Å²) in [4.78, 5) is 5.75. The van der Waals surface area contributed by atoms with E-state index in [0.29, 0.717) is 0 Å². The van der Waals surface area contributed by atoms with Gasteiger partial charge in [-0.3, -0.25) is 19.9 Å². The van der Waals surface area contributed by atoms with E-state index in [0.717, 1.165) is 22.8 Å². The highest BCUT2D eigenvalue weighted by molar-refractivity contribution is 7.79. The van der Waals surface area contributed by atoms with Gasteiger partial charge in [0.15, 0.2) is 0 Å². The molecule has 2 heterocycles. The van der Waals surface area contributed by atoms with Gasteiger partial charge in [0.1, 0.15) is 0 Å². The van der Waals surface area contributed by atoms with Gasteiger partial charge in [0.25, 0.3) is 11.6 Å².